The molecule has 6 nitrogen and oxygen atoms in total. The first-order valence-corrected chi connectivity index (χ1v) is 9.49. The molecule has 0 aliphatic heterocycles. The number of anilines is 1. The Morgan fingerprint density at radius 1 is 1.14 bits per heavy atom. The van der Waals surface area contributed by atoms with E-state index >= 15 is 0 Å². The van der Waals surface area contributed by atoms with Gasteiger partial charge in [0.2, 0.25) is 5.91 Å². The average molecular weight is 442 g/mol. The first-order valence-electron chi connectivity index (χ1n) is 8.70. The van der Waals surface area contributed by atoms with Gasteiger partial charge in [0.25, 0.3) is 5.56 Å². The lowest BCUT2D eigenvalue weighted by molar-refractivity contribution is -0.119. The number of amides is 1. The highest BCUT2D eigenvalue weighted by molar-refractivity contribution is 9.10. The molecule has 1 atom stereocenters. The minimum atomic E-state index is -0.770. The van der Waals surface area contributed by atoms with Crippen molar-refractivity contribution in [2.75, 3.05) is 12.4 Å². The van der Waals surface area contributed by atoms with E-state index in [1.54, 1.807) is 20.1 Å². The maximum Gasteiger partial charge on any atom is 0.267 e. The van der Waals surface area contributed by atoms with Crippen molar-refractivity contribution in [3.05, 3.63) is 75.0 Å². The second-order valence-electron chi connectivity index (χ2n) is 6.35. The van der Waals surface area contributed by atoms with Crippen LogP contribution in [0, 0.1) is 6.92 Å². The van der Waals surface area contributed by atoms with E-state index in [2.05, 4.69) is 26.3 Å². The molecule has 0 spiro atoms. The molecular formula is C21H20BrN3O3. The number of aryl methyl sites for hydroxylation is 1. The van der Waals surface area contributed by atoms with Gasteiger partial charge in [0.05, 0.1) is 12.8 Å². The fraction of sp³-hybridized carbons (Fsp3) is 0.190. The van der Waals surface area contributed by atoms with Crippen LogP contribution in [-0.2, 0) is 4.79 Å². The molecule has 1 heterocycles. The molecule has 0 saturated carbocycles. The Hall–Kier alpha value is -2.93. The predicted molar refractivity (Wildman–Crippen MR) is 113 cm³/mol. The zero-order valence-electron chi connectivity index (χ0n) is 15.8. The summed E-state index contributed by atoms with van der Waals surface area (Å²) < 4.78 is 7.29. The summed E-state index contributed by atoms with van der Waals surface area (Å²) in [7, 11) is 1.60. The second kappa shape index (κ2) is 8.39. The van der Waals surface area contributed by atoms with Crippen molar-refractivity contribution in [1.82, 2.24) is 9.78 Å². The molecule has 0 bridgehead atoms. The summed E-state index contributed by atoms with van der Waals surface area (Å²) in [5.74, 6) is 0.418. The van der Waals surface area contributed by atoms with Crippen LogP contribution in [0.15, 0.2) is 63.9 Å². The average Bonchev–Trinajstić information content (AvgIpc) is 2.70. The number of aromatic nitrogens is 2. The number of nitrogens with one attached hydrogen (secondary N) is 1. The van der Waals surface area contributed by atoms with Crippen LogP contribution in [0.25, 0.3) is 11.3 Å². The van der Waals surface area contributed by atoms with Gasteiger partial charge in [-0.2, -0.15) is 5.10 Å². The molecule has 1 aromatic heterocycles. The van der Waals surface area contributed by atoms with Crippen LogP contribution >= 0.6 is 15.9 Å². The van der Waals surface area contributed by atoms with Crippen molar-refractivity contribution in [2.45, 2.75) is 19.9 Å². The molecule has 3 aromatic rings. The molecule has 0 saturated heterocycles. The second-order valence-corrected chi connectivity index (χ2v) is 7.27. The number of halogens is 1. The third-order valence-corrected chi connectivity index (χ3v) is 4.90. The van der Waals surface area contributed by atoms with Gasteiger partial charge < -0.3 is 10.1 Å². The van der Waals surface area contributed by atoms with E-state index in [0.717, 1.165) is 21.3 Å². The van der Waals surface area contributed by atoms with Gasteiger partial charge in [-0.05, 0) is 67.9 Å². The summed E-state index contributed by atoms with van der Waals surface area (Å²) in [6, 6.07) is 15.2. The molecule has 1 unspecified atom stereocenters. The van der Waals surface area contributed by atoms with Crippen molar-refractivity contribution in [2.24, 2.45) is 0 Å². The van der Waals surface area contributed by atoms with Crippen LogP contribution < -0.4 is 15.6 Å². The summed E-state index contributed by atoms with van der Waals surface area (Å²) in [6.07, 6.45) is 0. The summed E-state index contributed by atoms with van der Waals surface area (Å²) in [6.45, 7) is 3.55. The van der Waals surface area contributed by atoms with Crippen LogP contribution in [0.3, 0.4) is 0 Å². The topological polar surface area (TPSA) is 73.2 Å². The summed E-state index contributed by atoms with van der Waals surface area (Å²) in [4.78, 5) is 25.0. The summed E-state index contributed by atoms with van der Waals surface area (Å²) >= 11 is 3.40. The molecular weight excluding hydrogens is 422 g/mol. The van der Waals surface area contributed by atoms with Crippen LogP contribution in [-0.4, -0.2) is 22.8 Å². The number of nitrogens with zero attached hydrogens (tertiary/aromatic N) is 2. The first-order chi connectivity index (χ1) is 13.4. The van der Waals surface area contributed by atoms with E-state index in [1.165, 1.54) is 10.7 Å². The standard InChI is InChI=1S/C21H20BrN3O3/c1-13-12-16(22)6-9-18(13)23-21(27)14(2)25-20(26)11-10-19(24-25)15-4-7-17(28-3)8-5-15/h4-12,14H,1-3H3,(H,23,27). The van der Waals surface area contributed by atoms with Gasteiger partial charge in [-0.1, -0.05) is 15.9 Å². The van der Waals surface area contributed by atoms with Crippen molar-refractivity contribution in [1.29, 1.82) is 0 Å². The molecule has 0 radical (unpaired) electrons. The Kier molecular flexibility index (Phi) is 5.94. The van der Waals surface area contributed by atoms with Gasteiger partial charge in [-0.15, -0.1) is 0 Å². The normalized spacial score (nSPS) is 11.7. The number of hydrogen-bond donors (Lipinski definition) is 1. The maximum atomic E-state index is 12.7. The number of ether oxygens (including phenoxy) is 1. The molecule has 2 aromatic carbocycles. The largest absolute Gasteiger partial charge is 0.497 e. The van der Waals surface area contributed by atoms with Gasteiger partial charge >= 0.3 is 0 Å². The fourth-order valence-corrected chi connectivity index (χ4v) is 3.21. The van der Waals surface area contributed by atoms with E-state index < -0.39 is 6.04 Å². The Balaban J connectivity index is 1.86. The molecule has 1 amide bonds. The highest BCUT2D eigenvalue weighted by atomic mass is 79.9. The predicted octanol–water partition coefficient (Wildman–Crippen LogP) is 4.19. The van der Waals surface area contributed by atoms with Crippen LogP contribution in [0.5, 0.6) is 5.75 Å². The lowest BCUT2D eigenvalue weighted by atomic mass is 10.1. The lowest BCUT2D eigenvalue weighted by Gasteiger charge is -2.16. The van der Waals surface area contributed by atoms with E-state index in [1.807, 2.05) is 49.4 Å². The molecule has 144 valence electrons. The molecule has 1 N–H and O–H groups in total. The van der Waals surface area contributed by atoms with Gasteiger partial charge in [0.15, 0.2) is 0 Å². The molecule has 0 fully saturated rings. The molecule has 0 aliphatic rings. The molecule has 3 rings (SSSR count). The molecule has 7 heteroatoms. The fourth-order valence-electron chi connectivity index (χ4n) is 2.73. The molecule has 28 heavy (non-hydrogen) atoms. The van der Waals surface area contributed by atoms with E-state index in [0.29, 0.717) is 11.4 Å². The SMILES string of the molecule is COc1ccc(-c2ccc(=O)n(C(C)C(=O)Nc3ccc(Br)cc3C)n2)cc1. The van der Waals surface area contributed by atoms with Crippen LogP contribution in [0.2, 0.25) is 0 Å². The molecule has 0 aliphatic carbocycles. The quantitative estimate of drug-likeness (QED) is 0.643. The number of methoxy groups -OCH3 is 1. The Bertz CT molecular complexity index is 1060. The van der Waals surface area contributed by atoms with Gasteiger partial charge in [0, 0.05) is 21.8 Å². The number of benzene rings is 2. The van der Waals surface area contributed by atoms with Gasteiger partial charge in [-0.25, -0.2) is 4.68 Å². The van der Waals surface area contributed by atoms with Gasteiger partial charge in [-0.3, -0.25) is 9.59 Å². The van der Waals surface area contributed by atoms with Crippen molar-refractivity contribution < 1.29 is 9.53 Å². The highest BCUT2D eigenvalue weighted by Gasteiger charge is 2.19. The van der Waals surface area contributed by atoms with Crippen LogP contribution in [0.4, 0.5) is 5.69 Å². The smallest absolute Gasteiger partial charge is 0.267 e. The van der Waals surface area contributed by atoms with Crippen molar-refractivity contribution >= 4 is 27.5 Å². The third kappa shape index (κ3) is 4.31. The number of rotatable bonds is 5. The Morgan fingerprint density at radius 2 is 1.86 bits per heavy atom. The minimum Gasteiger partial charge on any atom is -0.497 e. The first kappa shape index (κ1) is 19.8. The zero-order valence-corrected chi connectivity index (χ0v) is 17.4. The summed E-state index contributed by atoms with van der Waals surface area (Å²) in [5.41, 5.74) is 2.70. The minimum absolute atomic E-state index is 0.313. The Morgan fingerprint density at radius 3 is 2.50 bits per heavy atom. The maximum absolute atomic E-state index is 12.7. The van der Waals surface area contributed by atoms with E-state index in [9.17, 15) is 9.59 Å². The number of hydrogen-bond acceptors (Lipinski definition) is 4. The monoisotopic (exact) mass is 441 g/mol. The van der Waals surface area contributed by atoms with Gasteiger partial charge in [0.1, 0.15) is 11.8 Å². The highest BCUT2D eigenvalue weighted by Crippen LogP contribution is 2.22. The third-order valence-electron chi connectivity index (χ3n) is 4.40. The number of carbonyl (C=O) groups excluding carboxylic acids is 1. The zero-order chi connectivity index (χ0) is 20.3. The Labute approximate surface area is 171 Å². The number of carbonyl (C=O) groups is 1. The van der Waals surface area contributed by atoms with E-state index in [-0.39, 0.29) is 11.5 Å². The van der Waals surface area contributed by atoms with Crippen molar-refractivity contribution in [3.8, 4) is 17.0 Å². The van der Waals surface area contributed by atoms with Crippen LogP contribution in [0.1, 0.15) is 18.5 Å². The lowest BCUT2D eigenvalue weighted by Crippen LogP contribution is -2.33. The van der Waals surface area contributed by atoms with Crippen molar-refractivity contribution in [3.63, 3.8) is 0 Å². The summed E-state index contributed by atoms with van der Waals surface area (Å²) in [5, 5.41) is 7.25. The van der Waals surface area contributed by atoms with E-state index in [4.69, 9.17) is 4.74 Å².